The van der Waals surface area contributed by atoms with E-state index >= 15 is 0 Å². The number of ether oxygens (including phenoxy) is 1. The molecule has 3 heterocycles. The van der Waals surface area contributed by atoms with Crippen LogP contribution in [0, 0.1) is 0 Å². The number of nitrogens with two attached hydrogens (primary N) is 2. The Morgan fingerprint density at radius 3 is 2.86 bits per heavy atom. The molecular formula is C14H21FN6O5S2. The minimum atomic E-state index is -4.26. The summed E-state index contributed by atoms with van der Waals surface area (Å²) >= 11 is 1.43. The van der Waals surface area contributed by atoms with E-state index in [4.69, 9.17) is 15.6 Å². The van der Waals surface area contributed by atoms with Gasteiger partial charge in [0.05, 0.1) is 12.0 Å². The van der Waals surface area contributed by atoms with Gasteiger partial charge in [-0.3, -0.25) is 4.18 Å². The quantitative estimate of drug-likeness (QED) is 0.507. The van der Waals surface area contributed by atoms with Crippen molar-refractivity contribution in [3.05, 3.63) is 6.33 Å². The number of rotatable bonds is 7. The van der Waals surface area contributed by atoms with E-state index in [9.17, 15) is 17.9 Å². The molecule has 5 N–H and O–H groups in total. The molecule has 5 atom stereocenters. The van der Waals surface area contributed by atoms with E-state index < -0.39 is 41.5 Å². The normalized spacial score (nSPS) is 26.8. The number of fused-ring (bicyclic) bond motifs is 1. The monoisotopic (exact) mass is 436 g/mol. The lowest BCUT2D eigenvalue weighted by Crippen LogP contribution is -2.33. The Kier molecular flexibility index (Phi) is 6.07. The van der Waals surface area contributed by atoms with Crippen LogP contribution in [0.1, 0.15) is 26.5 Å². The van der Waals surface area contributed by atoms with Crippen molar-refractivity contribution in [3.8, 4) is 0 Å². The SMILES string of the molecule is CCC(C)Sc1nn([C@@H]2O[C@H](COS(N)(=O)=O)[C@H](O)[C@H]2F)c2ncnc(N)c12. The second-order valence-corrected chi connectivity index (χ2v) is 8.97. The smallest absolute Gasteiger partial charge is 0.333 e. The summed E-state index contributed by atoms with van der Waals surface area (Å²) in [4.78, 5) is 8.09. The van der Waals surface area contributed by atoms with Crippen molar-refractivity contribution < 1.29 is 26.8 Å². The number of nitrogen functional groups attached to an aromatic ring is 1. The van der Waals surface area contributed by atoms with Gasteiger partial charge in [0.2, 0.25) is 0 Å². The van der Waals surface area contributed by atoms with Crippen LogP contribution < -0.4 is 10.9 Å². The van der Waals surface area contributed by atoms with E-state index in [0.29, 0.717) is 10.4 Å². The molecular weight excluding hydrogens is 415 g/mol. The molecule has 0 radical (unpaired) electrons. The molecule has 11 nitrogen and oxygen atoms in total. The lowest BCUT2D eigenvalue weighted by Gasteiger charge is -2.14. The first-order chi connectivity index (χ1) is 13.1. The number of alkyl halides is 1. The maximum Gasteiger partial charge on any atom is 0.333 e. The number of anilines is 1. The highest BCUT2D eigenvalue weighted by molar-refractivity contribution is 8.00. The largest absolute Gasteiger partial charge is 0.387 e. The molecule has 0 amide bonds. The highest BCUT2D eigenvalue weighted by Gasteiger charge is 2.47. The fraction of sp³-hybridized carbons (Fsp3) is 0.643. The highest BCUT2D eigenvalue weighted by Crippen LogP contribution is 2.38. The van der Waals surface area contributed by atoms with Gasteiger partial charge >= 0.3 is 10.3 Å². The van der Waals surface area contributed by atoms with E-state index in [1.165, 1.54) is 22.8 Å². The molecule has 1 unspecified atom stereocenters. The van der Waals surface area contributed by atoms with Crippen LogP contribution in [-0.4, -0.2) is 63.5 Å². The van der Waals surface area contributed by atoms with Gasteiger partial charge in [-0.05, 0) is 6.42 Å². The predicted octanol–water partition coefficient (Wildman–Crippen LogP) is 0.116. The minimum Gasteiger partial charge on any atom is -0.387 e. The third kappa shape index (κ3) is 4.21. The first-order valence-corrected chi connectivity index (χ1v) is 10.8. The summed E-state index contributed by atoms with van der Waals surface area (Å²) in [7, 11) is -4.26. The first-order valence-electron chi connectivity index (χ1n) is 8.42. The number of halogens is 1. The molecule has 0 spiro atoms. The lowest BCUT2D eigenvalue weighted by molar-refractivity contribution is -0.0456. The molecule has 2 aromatic rings. The van der Waals surface area contributed by atoms with E-state index in [1.807, 2.05) is 13.8 Å². The maximum absolute atomic E-state index is 14.8. The van der Waals surface area contributed by atoms with E-state index in [1.54, 1.807) is 0 Å². The third-order valence-electron chi connectivity index (χ3n) is 4.31. The van der Waals surface area contributed by atoms with Crippen LogP contribution in [-0.2, 0) is 19.2 Å². The van der Waals surface area contributed by atoms with Crippen LogP contribution in [0.2, 0.25) is 0 Å². The molecule has 14 heteroatoms. The summed E-state index contributed by atoms with van der Waals surface area (Å²) in [5.74, 6) is 0.185. The van der Waals surface area contributed by atoms with E-state index in [-0.39, 0.29) is 16.7 Å². The van der Waals surface area contributed by atoms with Crippen LogP contribution in [0.15, 0.2) is 11.4 Å². The van der Waals surface area contributed by atoms with Crippen molar-refractivity contribution in [1.29, 1.82) is 0 Å². The van der Waals surface area contributed by atoms with Gasteiger partial charge in [-0.15, -0.1) is 11.8 Å². The Balaban J connectivity index is 1.95. The van der Waals surface area contributed by atoms with E-state index in [2.05, 4.69) is 19.2 Å². The van der Waals surface area contributed by atoms with Crippen molar-refractivity contribution in [2.45, 2.75) is 55.2 Å². The number of hydrogen-bond acceptors (Lipinski definition) is 10. The summed E-state index contributed by atoms with van der Waals surface area (Å²) in [6, 6.07) is 0. The van der Waals surface area contributed by atoms with E-state index in [0.717, 1.165) is 6.42 Å². The Bertz CT molecular complexity index is 957. The zero-order valence-electron chi connectivity index (χ0n) is 15.1. The van der Waals surface area contributed by atoms with Crippen LogP contribution in [0.25, 0.3) is 11.0 Å². The van der Waals surface area contributed by atoms with Crippen molar-refractivity contribution in [1.82, 2.24) is 19.7 Å². The van der Waals surface area contributed by atoms with Crippen molar-refractivity contribution in [2.24, 2.45) is 5.14 Å². The number of nitrogens with zero attached hydrogens (tertiary/aromatic N) is 4. The molecule has 1 aliphatic rings. The van der Waals surface area contributed by atoms with Gasteiger partial charge in [-0.25, -0.2) is 24.2 Å². The third-order valence-corrected chi connectivity index (χ3v) is 6.01. The number of thioether (sulfide) groups is 1. The second-order valence-electron chi connectivity index (χ2n) is 6.32. The zero-order valence-corrected chi connectivity index (χ0v) is 16.7. The molecule has 0 bridgehead atoms. The van der Waals surface area contributed by atoms with Gasteiger partial charge < -0.3 is 15.6 Å². The summed E-state index contributed by atoms with van der Waals surface area (Å²) in [5, 5.41) is 20.4. The molecule has 1 fully saturated rings. The number of aliphatic hydroxyl groups excluding tert-OH is 1. The standard InChI is InChI=1S/C14H21FN6O5S2/c1-3-6(2)27-13-8-11(16)18-5-19-12(8)21(20-13)14-9(15)10(22)7(26-14)4-25-28(17,23)24/h5-7,9-10,14,22H,3-4H2,1-2H3,(H2,16,18,19)(H2,17,23,24)/t6?,7-,9-,10+,14-/m1/s1. The topological polar surface area (TPSA) is 168 Å². The van der Waals surface area contributed by atoms with Gasteiger partial charge in [0.1, 0.15) is 29.4 Å². The first kappa shape index (κ1) is 21.1. The zero-order chi connectivity index (χ0) is 20.6. The molecule has 0 saturated carbocycles. The molecule has 0 aliphatic carbocycles. The minimum absolute atomic E-state index is 0.185. The number of aliphatic hydroxyl groups is 1. The molecule has 1 saturated heterocycles. The van der Waals surface area contributed by atoms with Gasteiger partial charge in [0, 0.05) is 5.25 Å². The summed E-state index contributed by atoms with van der Waals surface area (Å²) in [6.45, 7) is 3.38. The Labute approximate surface area is 164 Å². The summed E-state index contributed by atoms with van der Waals surface area (Å²) in [6.07, 6.45) is -4.09. The van der Waals surface area contributed by atoms with Crippen LogP contribution in [0.5, 0.6) is 0 Å². The molecule has 0 aromatic carbocycles. The highest BCUT2D eigenvalue weighted by atomic mass is 32.2. The maximum atomic E-state index is 14.8. The number of hydrogen-bond donors (Lipinski definition) is 3. The summed E-state index contributed by atoms with van der Waals surface area (Å²) < 4.78 is 47.7. The molecule has 3 rings (SSSR count). The van der Waals surface area contributed by atoms with Crippen LogP contribution in [0.4, 0.5) is 10.2 Å². The average Bonchev–Trinajstić information content (AvgIpc) is 3.12. The fourth-order valence-corrected chi connectivity index (χ4v) is 4.02. The number of aromatic nitrogens is 4. The van der Waals surface area contributed by atoms with Gasteiger partial charge in [0.15, 0.2) is 18.0 Å². The van der Waals surface area contributed by atoms with Gasteiger partial charge in [-0.1, -0.05) is 13.8 Å². The predicted molar refractivity (Wildman–Crippen MR) is 99.2 cm³/mol. The molecule has 2 aromatic heterocycles. The Hall–Kier alpha value is -1.58. The van der Waals surface area contributed by atoms with Crippen LogP contribution >= 0.6 is 11.8 Å². The van der Waals surface area contributed by atoms with Crippen molar-refractivity contribution in [3.63, 3.8) is 0 Å². The van der Waals surface area contributed by atoms with Crippen LogP contribution in [0.3, 0.4) is 0 Å². The van der Waals surface area contributed by atoms with Crippen molar-refractivity contribution >= 4 is 38.9 Å². The summed E-state index contributed by atoms with van der Waals surface area (Å²) in [5.41, 5.74) is 6.21. The Morgan fingerprint density at radius 2 is 2.21 bits per heavy atom. The van der Waals surface area contributed by atoms with Gasteiger partial charge in [0.25, 0.3) is 0 Å². The molecule has 156 valence electrons. The fourth-order valence-electron chi connectivity index (χ4n) is 2.70. The molecule has 28 heavy (non-hydrogen) atoms. The second kappa shape index (κ2) is 8.04. The molecule has 1 aliphatic heterocycles. The average molecular weight is 436 g/mol. The lowest BCUT2D eigenvalue weighted by atomic mass is 10.1. The Morgan fingerprint density at radius 1 is 1.50 bits per heavy atom. The van der Waals surface area contributed by atoms with Gasteiger partial charge in [-0.2, -0.15) is 13.5 Å². The van der Waals surface area contributed by atoms with Crippen molar-refractivity contribution in [2.75, 3.05) is 12.3 Å².